The Hall–Kier alpha value is -2.72. The monoisotopic (exact) mass is 232 g/mol. The minimum atomic E-state index is -1.21. The zero-order chi connectivity index (χ0) is 12.6. The summed E-state index contributed by atoms with van der Waals surface area (Å²) in [4.78, 5) is 8.91. The van der Waals surface area contributed by atoms with E-state index in [1.807, 2.05) is 30.3 Å². The number of allylic oxidation sites excluding steroid dienone is 1. The molecule has 2 aromatic rings. The first kappa shape index (κ1) is 10.4. The van der Waals surface area contributed by atoms with Gasteiger partial charge in [0.1, 0.15) is 5.69 Å². The summed E-state index contributed by atoms with van der Waals surface area (Å²) in [5.41, 5.74) is 1.35. The highest BCUT2D eigenvalue weighted by Gasteiger charge is 2.38. The number of fused-ring (bicyclic) bond motifs is 2. The van der Waals surface area contributed by atoms with E-state index in [9.17, 15) is 10.5 Å². The van der Waals surface area contributed by atoms with Gasteiger partial charge < -0.3 is 0 Å². The molecule has 0 fully saturated rings. The summed E-state index contributed by atoms with van der Waals surface area (Å²) >= 11 is 0. The largest absolute Gasteiger partial charge is 0.246 e. The Morgan fingerprint density at radius 2 is 1.72 bits per heavy atom. The number of rotatable bonds is 0. The lowest BCUT2D eigenvalue weighted by molar-refractivity contribution is 0.676. The Morgan fingerprint density at radius 3 is 2.39 bits per heavy atom. The number of nitrogens with zero attached hydrogens (tertiary/aromatic N) is 4. The Balaban J connectivity index is 2.38. The molecule has 0 saturated heterocycles. The van der Waals surface area contributed by atoms with Gasteiger partial charge in [-0.25, -0.2) is 9.97 Å². The van der Waals surface area contributed by atoms with Crippen LogP contribution in [0.25, 0.3) is 17.1 Å². The highest BCUT2D eigenvalue weighted by atomic mass is 14.8. The maximum Gasteiger partial charge on any atom is 0.190 e. The number of para-hydroxylation sites is 2. The van der Waals surface area contributed by atoms with E-state index in [-0.39, 0.29) is 0 Å². The molecule has 0 aliphatic heterocycles. The highest BCUT2D eigenvalue weighted by Crippen LogP contribution is 2.33. The summed E-state index contributed by atoms with van der Waals surface area (Å²) in [6.45, 7) is 0. The predicted octanol–water partition coefficient (Wildman–Crippen LogP) is 2.33. The molecule has 1 aromatic heterocycles. The summed E-state index contributed by atoms with van der Waals surface area (Å²) in [5.74, 6) is 0. The van der Waals surface area contributed by atoms with E-state index in [1.165, 1.54) is 0 Å². The zero-order valence-corrected chi connectivity index (χ0v) is 9.46. The van der Waals surface area contributed by atoms with Gasteiger partial charge >= 0.3 is 0 Å². The van der Waals surface area contributed by atoms with Crippen molar-refractivity contribution in [1.29, 1.82) is 10.5 Å². The lowest BCUT2D eigenvalue weighted by Crippen LogP contribution is -2.26. The van der Waals surface area contributed by atoms with Crippen LogP contribution in [0.2, 0.25) is 0 Å². The molecule has 1 aliphatic rings. The molecule has 0 N–H and O–H groups in total. The van der Waals surface area contributed by atoms with Gasteiger partial charge in [0, 0.05) is 6.42 Å². The summed E-state index contributed by atoms with van der Waals surface area (Å²) < 4.78 is 0. The van der Waals surface area contributed by atoms with Crippen molar-refractivity contribution in [3.05, 3.63) is 41.7 Å². The van der Waals surface area contributed by atoms with Crippen LogP contribution in [0.3, 0.4) is 0 Å². The molecule has 0 radical (unpaired) electrons. The van der Waals surface area contributed by atoms with Gasteiger partial charge in [-0.15, -0.1) is 0 Å². The molecule has 0 amide bonds. The van der Waals surface area contributed by atoms with Crippen LogP contribution in [0.1, 0.15) is 17.8 Å². The van der Waals surface area contributed by atoms with Crippen LogP contribution in [0.15, 0.2) is 30.3 Å². The highest BCUT2D eigenvalue weighted by molar-refractivity contribution is 5.77. The minimum absolute atomic E-state index is 0.361. The van der Waals surface area contributed by atoms with Crippen molar-refractivity contribution in [3.8, 4) is 12.1 Å². The first-order chi connectivity index (χ1) is 8.79. The SMILES string of the molecule is N#CC1(C#N)CC=Cc2nc3ccccc3nc21. The Labute approximate surface area is 104 Å². The smallest absolute Gasteiger partial charge is 0.190 e. The summed E-state index contributed by atoms with van der Waals surface area (Å²) in [6.07, 6.45) is 3.99. The van der Waals surface area contributed by atoms with E-state index in [2.05, 4.69) is 22.1 Å². The van der Waals surface area contributed by atoms with Gasteiger partial charge in [0.05, 0.1) is 28.9 Å². The number of nitriles is 2. The maximum atomic E-state index is 9.29. The Kier molecular flexibility index (Phi) is 2.11. The third-order valence-electron chi connectivity index (χ3n) is 3.08. The first-order valence-corrected chi connectivity index (χ1v) is 5.55. The van der Waals surface area contributed by atoms with E-state index in [0.717, 1.165) is 5.52 Å². The van der Waals surface area contributed by atoms with Gasteiger partial charge in [-0.05, 0) is 18.2 Å². The van der Waals surface area contributed by atoms with Crippen LogP contribution in [0.4, 0.5) is 0 Å². The molecule has 4 heteroatoms. The number of hydrogen-bond acceptors (Lipinski definition) is 4. The predicted molar refractivity (Wildman–Crippen MR) is 66.1 cm³/mol. The summed E-state index contributed by atoms with van der Waals surface area (Å²) in [7, 11) is 0. The summed E-state index contributed by atoms with van der Waals surface area (Å²) in [5, 5.41) is 18.6. The molecule has 1 heterocycles. The standard InChI is InChI=1S/C14H8N4/c15-8-14(9-16)7-3-6-12-13(14)18-11-5-2-1-4-10(11)17-12/h1-6H,7H2. The molecule has 18 heavy (non-hydrogen) atoms. The van der Waals surface area contributed by atoms with E-state index in [4.69, 9.17) is 0 Å². The molecule has 0 spiro atoms. The minimum Gasteiger partial charge on any atom is -0.246 e. The van der Waals surface area contributed by atoms with Crippen molar-refractivity contribution in [2.45, 2.75) is 11.8 Å². The Bertz CT molecular complexity index is 732. The molecule has 1 aliphatic carbocycles. The lowest BCUT2D eigenvalue weighted by atomic mass is 9.79. The second-order valence-electron chi connectivity index (χ2n) is 4.18. The van der Waals surface area contributed by atoms with Gasteiger partial charge in [0.2, 0.25) is 0 Å². The fraction of sp³-hybridized carbons (Fsp3) is 0.143. The van der Waals surface area contributed by atoms with Crippen LogP contribution in [0, 0.1) is 22.7 Å². The van der Waals surface area contributed by atoms with Crippen LogP contribution in [-0.4, -0.2) is 9.97 Å². The van der Waals surface area contributed by atoms with Gasteiger partial charge in [-0.1, -0.05) is 18.2 Å². The second-order valence-corrected chi connectivity index (χ2v) is 4.18. The average molecular weight is 232 g/mol. The van der Waals surface area contributed by atoms with E-state index in [1.54, 1.807) is 6.08 Å². The molecule has 4 nitrogen and oxygen atoms in total. The number of benzene rings is 1. The second kappa shape index (κ2) is 3.65. The van der Waals surface area contributed by atoms with Crippen molar-refractivity contribution in [3.63, 3.8) is 0 Å². The third-order valence-corrected chi connectivity index (χ3v) is 3.08. The van der Waals surface area contributed by atoms with E-state index >= 15 is 0 Å². The van der Waals surface area contributed by atoms with Crippen LogP contribution in [0.5, 0.6) is 0 Å². The van der Waals surface area contributed by atoms with E-state index in [0.29, 0.717) is 23.3 Å². The Morgan fingerprint density at radius 1 is 1.06 bits per heavy atom. The maximum absolute atomic E-state index is 9.29. The van der Waals surface area contributed by atoms with Crippen molar-refractivity contribution in [1.82, 2.24) is 9.97 Å². The van der Waals surface area contributed by atoms with Crippen molar-refractivity contribution >= 4 is 17.1 Å². The van der Waals surface area contributed by atoms with Gasteiger partial charge in [0.15, 0.2) is 5.41 Å². The topological polar surface area (TPSA) is 73.4 Å². The first-order valence-electron chi connectivity index (χ1n) is 5.55. The fourth-order valence-corrected chi connectivity index (χ4v) is 2.11. The van der Waals surface area contributed by atoms with Gasteiger partial charge in [-0.3, -0.25) is 0 Å². The molecule has 0 saturated carbocycles. The van der Waals surface area contributed by atoms with Crippen molar-refractivity contribution < 1.29 is 0 Å². The number of aromatic nitrogens is 2. The van der Waals surface area contributed by atoms with E-state index < -0.39 is 5.41 Å². The number of hydrogen-bond donors (Lipinski definition) is 0. The van der Waals surface area contributed by atoms with Crippen LogP contribution >= 0.6 is 0 Å². The molecule has 3 rings (SSSR count). The zero-order valence-electron chi connectivity index (χ0n) is 9.46. The molecule has 0 unspecified atom stereocenters. The third kappa shape index (κ3) is 1.30. The van der Waals surface area contributed by atoms with Crippen molar-refractivity contribution in [2.24, 2.45) is 0 Å². The molecule has 1 aromatic carbocycles. The normalized spacial score (nSPS) is 15.7. The summed E-state index contributed by atoms with van der Waals surface area (Å²) in [6, 6.07) is 11.6. The van der Waals surface area contributed by atoms with Crippen LogP contribution < -0.4 is 0 Å². The van der Waals surface area contributed by atoms with Crippen LogP contribution in [-0.2, 0) is 5.41 Å². The average Bonchev–Trinajstić information content (AvgIpc) is 2.44. The molecule has 0 bridgehead atoms. The quantitative estimate of drug-likeness (QED) is 0.698. The molecular weight excluding hydrogens is 224 g/mol. The fourth-order valence-electron chi connectivity index (χ4n) is 2.11. The van der Waals surface area contributed by atoms with Gasteiger partial charge in [-0.2, -0.15) is 10.5 Å². The molecule has 84 valence electrons. The van der Waals surface area contributed by atoms with Gasteiger partial charge in [0.25, 0.3) is 0 Å². The lowest BCUT2D eigenvalue weighted by Gasteiger charge is -2.21. The molecule has 0 atom stereocenters. The van der Waals surface area contributed by atoms with Crippen molar-refractivity contribution in [2.75, 3.05) is 0 Å². The molecular formula is C14H8N4.